The molecule has 3 rings (SSSR count). The third-order valence-electron chi connectivity index (χ3n) is 4.98. The molecule has 0 unspecified atom stereocenters. The molecule has 32 heavy (non-hydrogen) atoms. The highest BCUT2D eigenvalue weighted by Gasteiger charge is 2.28. The molecule has 1 N–H and O–H groups in total. The number of methoxy groups -OCH3 is 1. The number of hydrogen-bond donors (Lipinski definition) is 1. The van der Waals surface area contributed by atoms with Gasteiger partial charge in [-0.1, -0.05) is 53.6 Å². The van der Waals surface area contributed by atoms with Crippen molar-refractivity contribution in [1.29, 1.82) is 0 Å². The number of benzene rings is 3. The maximum atomic E-state index is 13.4. The van der Waals surface area contributed by atoms with Gasteiger partial charge in [0.1, 0.15) is 12.3 Å². The van der Waals surface area contributed by atoms with Crippen LogP contribution < -0.4 is 14.4 Å². The number of nitrogens with one attached hydrogen (secondary N) is 1. The molecule has 0 spiro atoms. The second-order valence-corrected chi connectivity index (χ2v) is 9.63. The van der Waals surface area contributed by atoms with Crippen LogP contribution in [0.2, 0.25) is 5.02 Å². The molecule has 0 aliphatic heterocycles. The Hall–Kier alpha value is -3.03. The van der Waals surface area contributed by atoms with Crippen LogP contribution in [0.1, 0.15) is 24.1 Å². The molecule has 168 valence electrons. The van der Waals surface area contributed by atoms with E-state index >= 15 is 0 Å². The molecule has 6 nitrogen and oxygen atoms in total. The van der Waals surface area contributed by atoms with Gasteiger partial charge in [-0.2, -0.15) is 0 Å². The molecule has 0 aliphatic rings. The number of para-hydroxylation sites is 1. The van der Waals surface area contributed by atoms with Crippen LogP contribution in [0.4, 0.5) is 5.69 Å². The fourth-order valence-electron chi connectivity index (χ4n) is 3.30. The molecule has 8 heteroatoms. The van der Waals surface area contributed by atoms with Crippen LogP contribution >= 0.6 is 11.6 Å². The smallest absolute Gasteiger partial charge is 0.264 e. The van der Waals surface area contributed by atoms with Crippen LogP contribution in [0.15, 0.2) is 77.7 Å². The second-order valence-electron chi connectivity index (χ2n) is 7.34. The quantitative estimate of drug-likeness (QED) is 0.514. The lowest BCUT2D eigenvalue weighted by molar-refractivity contribution is -0.120. The zero-order valence-electron chi connectivity index (χ0n) is 18.1. The van der Waals surface area contributed by atoms with Crippen molar-refractivity contribution in [2.75, 3.05) is 18.0 Å². The van der Waals surface area contributed by atoms with Crippen LogP contribution in [0.3, 0.4) is 0 Å². The van der Waals surface area contributed by atoms with E-state index in [2.05, 4.69) is 5.32 Å². The average molecular weight is 473 g/mol. The molecule has 3 aromatic carbocycles. The number of aryl methyl sites for hydroxylation is 1. The summed E-state index contributed by atoms with van der Waals surface area (Å²) >= 11 is 6.10. The van der Waals surface area contributed by atoms with Gasteiger partial charge in [-0.05, 0) is 50.2 Å². The van der Waals surface area contributed by atoms with Crippen molar-refractivity contribution < 1.29 is 17.9 Å². The number of rotatable bonds is 8. The number of amides is 1. The van der Waals surface area contributed by atoms with Crippen LogP contribution in [0.5, 0.6) is 5.75 Å². The van der Waals surface area contributed by atoms with Gasteiger partial charge >= 0.3 is 0 Å². The third kappa shape index (κ3) is 5.41. The van der Waals surface area contributed by atoms with E-state index in [1.165, 1.54) is 18.2 Å². The number of ether oxygens (including phenoxy) is 1. The molecule has 0 saturated carbocycles. The molecule has 0 bridgehead atoms. The molecule has 0 heterocycles. The maximum absolute atomic E-state index is 13.4. The summed E-state index contributed by atoms with van der Waals surface area (Å²) in [6, 6.07) is 19.8. The summed E-state index contributed by atoms with van der Waals surface area (Å²) in [6.45, 7) is 3.28. The number of anilines is 1. The Morgan fingerprint density at radius 2 is 1.75 bits per heavy atom. The fraction of sp³-hybridized carbons (Fsp3) is 0.208. The van der Waals surface area contributed by atoms with E-state index in [9.17, 15) is 13.2 Å². The molecular weight excluding hydrogens is 448 g/mol. The van der Waals surface area contributed by atoms with E-state index in [1.54, 1.807) is 43.5 Å². The molecule has 0 radical (unpaired) electrons. The third-order valence-corrected chi connectivity index (χ3v) is 7.00. The molecule has 1 amide bonds. The van der Waals surface area contributed by atoms with Crippen molar-refractivity contribution in [3.05, 3.63) is 88.9 Å². The Bertz CT molecular complexity index is 1200. The van der Waals surface area contributed by atoms with Crippen molar-refractivity contribution in [2.24, 2.45) is 0 Å². The number of carbonyl (C=O) groups excluding carboxylic acids is 1. The lowest BCUT2D eigenvalue weighted by atomic mass is 10.1. The Morgan fingerprint density at radius 1 is 1.06 bits per heavy atom. The van der Waals surface area contributed by atoms with Crippen LogP contribution in [0.25, 0.3) is 0 Å². The predicted molar refractivity (Wildman–Crippen MR) is 127 cm³/mol. The van der Waals surface area contributed by atoms with Crippen molar-refractivity contribution in [3.63, 3.8) is 0 Å². The maximum Gasteiger partial charge on any atom is 0.264 e. The SMILES string of the molecule is COc1ccccc1[C@H](C)NC(=O)CN(c1cccc(Cl)c1)S(=O)(=O)c1ccc(C)cc1. The number of halogens is 1. The predicted octanol–water partition coefficient (Wildman–Crippen LogP) is 4.73. The normalized spacial score (nSPS) is 12.1. The lowest BCUT2D eigenvalue weighted by Gasteiger charge is -2.25. The summed E-state index contributed by atoms with van der Waals surface area (Å²) in [5, 5.41) is 3.23. The largest absolute Gasteiger partial charge is 0.496 e. The summed E-state index contributed by atoms with van der Waals surface area (Å²) in [5.74, 6) is 0.179. The van der Waals surface area contributed by atoms with Crippen LogP contribution in [-0.2, 0) is 14.8 Å². The highest BCUT2D eigenvalue weighted by Crippen LogP contribution is 2.27. The van der Waals surface area contributed by atoms with E-state index in [1.807, 2.05) is 32.0 Å². The fourth-order valence-corrected chi connectivity index (χ4v) is 4.90. The first-order valence-corrected chi connectivity index (χ1v) is 11.8. The summed E-state index contributed by atoms with van der Waals surface area (Å²) < 4.78 is 33.3. The van der Waals surface area contributed by atoms with Crippen molar-refractivity contribution in [1.82, 2.24) is 5.32 Å². The standard InChI is InChI=1S/C24H25ClN2O4S/c1-17-11-13-21(14-12-17)32(29,30)27(20-8-6-7-19(25)15-20)16-24(28)26-18(2)22-9-4-5-10-23(22)31-3/h4-15,18H,16H2,1-3H3,(H,26,28)/t18-/m0/s1. The van der Waals surface area contributed by atoms with Crippen molar-refractivity contribution in [2.45, 2.75) is 24.8 Å². The molecule has 0 fully saturated rings. The molecule has 1 atom stereocenters. The zero-order valence-corrected chi connectivity index (χ0v) is 19.7. The summed E-state index contributed by atoms with van der Waals surface area (Å²) in [5.41, 5.74) is 2.03. The zero-order chi connectivity index (χ0) is 23.3. The first kappa shape index (κ1) is 23.6. The van der Waals surface area contributed by atoms with Gasteiger partial charge < -0.3 is 10.1 Å². The highest BCUT2D eigenvalue weighted by atomic mass is 35.5. The topological polar surface area (TPSA) is 75.7 Å². The van der Waals surface area contributed by atoms with E-state index in [0.29, 0.717) is 16.5 Å². The Morgan fingerprint density at radius 3 is 2.41 bits per heavy atom. The van der Waals surface area contributed by atoms with Gasteiger partial charge in [-0.3, -0.25) is 9.10 Å². The van der Waals surface area contributed by atoms with Gasteiger partial charge in [-0.25, -0.2) is 8.42 Å². The summed E-state index contributed by atoms with van der Waals surface area (Å²) in [7, 11) is -2.45. The number of sulfonamides is 1. The van der Waals surface area contributed by atoms with Crippen LogP contribution in [-0.4, -0.2) is 28.0 Å². The van der Waals surface area contributed by atoms with Gasteiger partial charge in [0.25, 0.3) is 10.0 Å². The summed E-state index contributed by atoms with van der Waals surface area (Å²) in [6.07, 6.45) is 0. The molecular formula is C24H25ClN2O4S. The van der Waals surface area contributed by atoms with Gasteiger partial charge in [-0.15, -0.1) is 0 Å². The van der Waals surface area contributed by atoms with Crippen LogP contribution in [0, 0.1) is 6.92 Å². The minimum absolute atomic E-state index is 0.0913. The Balaban J connectivity index is 1.90. The number of nitrogens with zero attached hydrogens (tertiary/aromatic N) is 1. The first-order chi connectivity index (χ1) is 15.2. The Labute approximate surface area is 193 Å². The van der Waals surface area contributed by atoms with Gasteiger partial charge in [0.15, 0.2) is 0 Å². The lowest BCUT2D eigenvalue weighted by Crippen LogP contribution is -2.41. The van der Waals surface area contributed by atoms with E-state index < -0.39 is 22.5 Å². The molecule has 0 aromatic heterocycles. The molecule has 0 aliphatic carbocycles. The Kier molecular flexibility index (Phi) is 7.43. The van der Waals surface area contributed by atoms with Gasteiger partial charge in [0.2, 0.25) is 5.91 Å². The minimum Gasteiger partial charge on any atom is -0.496 e. The van der Waals surface area contributed by atoms with Crippen molar-refractivity contribution >= 4 is 33.2 Å². The summed E-state index contributed by atoms with van der Waals surface area (Å²) in [4.78, 5) is 13.0. The second kappa shape index (κ2) is 10.1. The van der Waals surface area contributed by atoms with E-state index in [4.69, 9.17) is 16.3 Å². The van der Waals surface area contributed by atoms with E-state index in [-0.39, 0.29) is 10.9 Å². The average Bonchev–Trinajstić information content (AvgIpc) is 2.77. The van der Waals surface area contributed by atoms with Crippen molar-refractivity contribution in [3.8, 4) is 5.75 Å². The first-order valence-electron chi connectivity index (χ1n) is 9.99. The monoisotopic (exact) mass is 472 g/mol. The van der Waals surface area contributed by atoms with E-state index in [0.717, 1.165) is 15.4 Å². The van der Waals surface area contributed by atoms with Gasteiger partial charge in [0.05, 0.1) is 23.7 Å². The number of hydrogen-bond acceptors (Lipinski definition) is 4. The number of carbonyl (C=O) groups is 1. The molecule has 3 aromatic rings. The minimum atomic E-state index is -4.01. The highest BCUT2D eigenvalue weighted by molar-refractivity contribution is 7.92. The molecule has 0 saturated heterocycles. The van der Waals surface area contributed by atoms with Gasteiger partial charge in [0, 0.05) is 10.6 Å².